The van der Waals surface area contributed by atoms with Crippen LogP contribution in [-0.4, -0.2) is 33.4 Å². The largest absolute Gasteiger partial charge is 0.383 e. The Bertz CT molecular complexity index is 307. The molecular formula is C13H21FN2O. The number of rotatable bonds is 9. The number of ether oxygens (including phenoxy) is 1. The van der Waals surface area contributed by atoms with Gasteiger partial charge in [0.25, 0.3) is 0 Å². The maximum absolute atomic E-state index is 12.9. The predicted molar refractivity (Wildman–Crippen MR) is 67.5 cm³/mol. The van der Waals surface area contributed by atoms with Crippen LogP contribution in [-0.2, 0) is 11.3 Å². The van der Waals surface area contributed by atoms with Crippen molar-refractivity contribution in [1.82, 2.24) is 10.6 Å². The van der Waals surface area contributed by atoms with E-state index in [1.54, 1.807) is 19.2 Å². The Labute approximate surface area is 102 Å². The van der Waals surface area contributed by atoms with E-state index < -0.39 is 0 Å². The Morgan fingerprint density at radius 1 is 1.18 bits per heavy atom. The Hall–Kier alpha value is -0.970. The van der Waals surface area contributed by atoms with E-state index >= 15 is 0 Å². The number of nitrogens with one attached hydrogen (secondary N) is 2. The molecule has 0 atom stereocenters. The van der Waals surface area contributed by atoms with Crippen molar-refractivity contribution >= 4 is 0 Å². The summed E-state index contributed by atoms with van der Waals surface area (Å²) in [6.07, 6.45) is 1.05. The molecule has 1 rings (SSSR count). The van der Waals surface area contributed by atoms with Crippen molar-refractivity contribution in [2.24, 2.45) is 0 Å². The fourth-order valence-corrected chi connectivity index (χ4v) is 1.52. The topological polar surface area (TPSA) is 33.3 Å². The monoisotopic (exact) mass is 240 g/mol. The van der Waals surface area contributed by atoms with E-state index in [0.717, 1.165) is 44.8 Å². The first-order valence-electron chi connectivity index (χ1n) is 5.98. The highest BCUT2D eigenvalue weighted by atomic mass is 19.1. The first-order chi connectivity index (χ1) is 8.33. The molecule has 0 unspecified atom stereocenters. The highest BCUT2D eigenvalue weighted by molar-refractivity contribution is 5.15. The van der Waals surface area contributed by atoms with Gasteiger partial charge in [0, 0.05) is 20.2 Å². The molecule has 0 aromatic heterocycles. The molecule has 0 bridgehead atoms. The van der Waals surface area contributed by atoms with Gasteiger partial charge in [-0.3, -0.25) is 0 Å². The van der Waals surface area contributed by atoms with Gasteiger partial charge in [0.15, 0.2) is 0 Å². The Morgan fingerprint density at radius 3 is 2.76 bits per heavy atom. The van der Waals surface area contributed by atoms with Crippen molar-refractivity contribution < 1.29 is 9.13 Å². The lowest BCUT2D eigenvalue weighted by molar-refractivity contribution is 0.199. The van der Waals surface area contributed by atoms with E-state index in [1.807, 2.05) is 6.07 Å². The van der Waals surface area contributed by atoms with Crippen LogP contribution in [0.2, 0.25) is 0 Å². The molecule has 0 aliphatic heterocycles. The van der Waals surface area contributed by atoms with Crippen LogP contribution in [0.4, 0.5) is 4.39 Å². The molecule has 0 amide bonds. The molecule has 0 fully saturated rings. The maximum Gasteiger partial charge on any atom is 0.123 e. The van der Waals surface area contributed by atoms with Crippen LogP contribution < -0.4 is 10.6 Å². The van der Waals surface area contributed by atoms with Gasteiger partial charge < -0.3 is 15.4 Å². The molecule has 0 spiro atoms. The van der Waals surface area contributed by atoms with Crippen LogP contribution in [0, 0.1) is 5.82 Å². The SMILES string of the molecule is COCCNCCCNCc1cccc(F)c1. The average molecular weight is 240 g/mol. The van der Waals surface area contributed by atoms with Gasteiger partial charge in [0.2, 0.25) is 0 Å². The van der Waals surface area contributed by atoms with Crippen LogP contribution in [0.1, 0.15) is 12.0 Å². The van der Waals surface area contributed by atoms with Gasteiger partial charge in [-0.05, 0) is 37.2 Å². The summed E-state index contributed by atoms with van der Waals surface area (Å²) in [6.45, 7) is 4.25. The summed E-state index contributed by atoms with van der Waals surface area (Å²) in [5, 5.41) is 6.55. The van der Waals surface area contributed by atoms with Crippen LogP contribution in [0.3, 0.4) is 0 Å². The smallest absolute Gasteiger partial charge is 0.123 e. The van der Waals surface area contributed by atoms with E-state index in [4.69, 9.17) is 4.74 Å². The second-order valence-corrected chi connectivity index (χ2v) is 3.90. The summed E-state index contributed by atoms with van der Waals surface area (Å²) in [4.78, 5) is 0. The first kappa shape index (κ1) is 14.1. The molecule has 96 valence electrons. The number of methoxy groups -OCH3 is 1. The minimum Gasteiger partial charge on any atom is -0.383 e. The van der Waals surface area contributed by atoms with Gasteiger partial charge in [-0.15, -0.1) is 0 Å². The molecule has 1 aromatic carbocycles. The molecular weight excluding hydrogens is 219 g/mol. The van der Waals surface area contributed by atoms with Crippen molar-refractivity contribution in [3.63, 3.8) is 0 Å². The lowest BCUT2D eigenvalue weighted by atomic mass is 10.2. The predicted octanol–water partition coefficient (Wildman–Crippen LogP) is 1.54. The highest BCUT2D eigenvalue weighted by Gasteiger charge is 1.94. The fraction of sp³-hybridized carbons (Fsp3) is 0.538. The zero-order valence-electron chi connectivity index (χ0n) is 10.3. The van der Waals surface area contributed by atoms with Gasteiger partial charge in [0.1, 0.15) is 5.82 Å². The minimum atomic E-state index is -0.175. The zero-order chi connectivity index (χ0) is 12.3. The van der Waals surface area contributed by atoms with Crippen molar-refractivity contribution in [3.05, 3.63) is 35.6 Å². The normalized spacial score (nSPS) is 10.7. The summed E-state index contributed by atoms with van der Waals surface area (Å²) in [7, 11) is 1.70. The summed E-state index contributed by atoms with van der Waals surface area (Å²) < 4.78 is 17.8. The lowest BCUT2D eigenvalue weighted by Gasteiger charge is -2.06. The van der Waals surface area contributed by atoms with Crippen LogP contribution >= 0.6 is 0 Å². The van der Waals surface area contributed by atoms with E-state index in [0.29, 0.717) is 0 Å². The third-order valence-electron chi connectivity index (χ3n) is 2.41. The Kier molecular flexibility index (Phi) is 7.54. The van der Waals surface area contributed by atoms with Gasteiger partial charge in [-0.1, -0.05) is 12.1 Å². The van der Waals surface area contributed by atoms with Crippen molar-refractivity contribution in [2.75, 3.05) is 33.4 Å². The minimum absolute atomic E-state index is 0.175. The van der Waals surface area contributed by atoms with Crippen LogP contribution in [0.5, 0.6) is 0 Å². The van der Waals surface area contributed by atoms with Gasteiger partial charge in [-0.2, -0.15) is 0 Å². The number of benzene rings is 1. The number of halogens is 1. The highest BCUT2D eigenvalue weighted by Crippen LogP contribution is 2.02. The standard InChI is InChI=1S/C13H21FN2O/c1-17-9-8-15-6-3-7-16-11-12-4-2-5-13(14)10-12/h2,4-5,10,15-16H,3,6-9,11H2,1H3. The first-order valence-corrected chi connectivity index (χ1v) is 5.98. The Balaban J connectivity index is 1.97. The fourth-order valence-electron chi connectivity index (χ4n) is 1.52. The van der Waals surface area contributed by atoms with Crippen LogP contribution in [0.15, 0.2) is 24.3 Å². The number of hydrogen-bond donors (Lipinski definition) is 2. The van der Waals surface area contributed by atoms with Crippen LogP contribution in [0.25, 0.3) is 0 Å². The molecule has 0 aliphatic carbocycles. The molecule has 0 heterocycles. The van der Waals surface area contributed by atoms with E-state index in [1.165, 1.54) is 6.07 Å². The van der Waals surface area contributed by atoms with Gasteiger partial charge in [0.05, 0.1) is 6.61 Å². The molecule has 0 saturated carbocycles. The van der Waals surface area contributed by atoms with Crippen molar-refractivity contribution in [3.8, 4) is 0 Å². The lowest BCUT2D eigenvalue weighted by Crippen LogP contribution is -2.24. The van der Waals surface area contributed by atoms with E-state index in [9.17, 15) is 4.39 Å². The summed E-state index contributed by atoms with van der Waals surface area (Å²) in [6, 6.07) is 6.68. The molecule has 3 nitrogen and oxygen atoms in total. The summed E-state index contributed by atoms with van der Waals surface area (Å²) >= 11 is 0. The summed E-state index contributed by atoms with van der Waals surface area (Å²) in [5.74, 6) is -0.175. The maximum atomic E-state index is 12.9. The van der Waals surface area contributed by atoms with Crippen molar-refractivity contribution in [2.45, 2.75) is 13.0 Å². The van der Waals surface area contributed by atoms with Gasteiger partial charge in [-0.25, -0.2) is 4.39 Å². The Morgan fingerprint density at radius 2 is 2.00 bits per heavy atom. The number of hydrogen-bond acceptors (Lipinski definition) is 3. The van der Waals surface area contributed by atoms with E-state index in [-0.39, 0.29) is 5.82 Å². The molecule has 0 radical (unpaired) electrons. The third kappa shape index (κ3) is 7.05. The quantitative estimate of drug-likeness (QED) is 0.642. The molecule has 2 N–H and O–H groups in total. The molecule has 17 heavy (non-hydrogen) atoms. The second-order valence-electron chi connectivity index (χ2n) is 3.90. The van der Waals surface area contributed by atoms with E-state index in [2.05, 4.69) is 10.6 Å². The van der Waals surface area contributed by atoms with Gasteiger partial charge >= 0.3 is 0 Å². The van der Waals surface area contributed by atoms with Crippen molar-refractivity contribution in [1.29, 1.82) is 0 Å². The zero-order valence-corrected chi connectivity index (χ0v) is 10.3. The summed E-state index contributed by atoms with van der Waals surface area (Å²) in [5.41, 5.74) is 0.984. The third-order valence-corrected chi connectivity index (χ3v) is 2.41. The average Bonchev–Trinajstić information content (AvgIpc) is 2.33. The molecule has 0 saturated heterocycles. The molecule has 4 heteroatoms. The molecule has 0 aliphatic rings. The second kappa shape index (κ2) is 9.10. The molecule has 1 aromatic rings.